The van der Waals surface area contributed by atoms with Crippen LogP contribution in [-0.4, -0.2) is 91.0 Å². The van der Waals surface area contributed by atoms with Crippen LogP contribution in [0.2, 0.25) is 25.4 Å². The molecule has 23 nitrogen and oxygen atoms in total. The summed E-state index contributed by atoms with van der Waals surface area (Å²) in [5, 5.41) is 23.4. The van der Waals surface area contributed by atoms with Gasteiger partial charge in [0.25, 0.3) is 17.7 Å². The number of aromatic nitrogens is 7. The van der Waals surface area contributed by atoms with Crippen molar-refractivity contribution in [2.24, 2.45) is 0 Å². The molecule has 0 unspecified atom stereocenters. The Bertz CT molecular complexity index is 3320. The van der Waals surface area contributed by atoms with Gasteiger partial charge in [0.05, 0.1) is 75.2 Å². The van der Waals surface area contributed by atoms with Crippen LogP contribution in [0, 0.1) is 0 Å². The molecular formula is C52H46Cl5N15O8. The topological polar surface area (TPSA) is 315 Å². The number of pyridine rings is 7. The maximum Gasteiger partial charge on any atom is 0.373 e. The standard InChI is InChI=1S/C21H22N6O3.C14H14ClN5O2.C11H7Cl2N3O.C5H3Cl2N.CO2/c1-3-23-21(29)27-19-11-18(25-14-6-8-16(30-2)9-7-14)17(13-24-19)20(28)26-15-5-4-10-22-12-15;1-2-17-14(22)20-12-6-11(15)10(8-18-12)13(21)19-9-4-3-5-16-7-9;12-9-4-10(13)15-6-8(9)11(17)16-7-2-1-3-14-5-7;6-4-1-2-8-5(7)3-4;2-1-3/h4-13H,3H2,1-2H3,(H,26,28)(H3,23,24,25,27,29);3-8H,2H2,1H3,(H,19,21)(H2,17,18,20,22);1-6H,(H,16,17);1-3H;. The fourth-order valence-corrected chi connectivity index (χ4v) is 6.88. The molecule has 7 aromatic heterocycles. The van der Waals surface area contributed by atoms with E-state index in [1.807, 2.05) is 19.1 Å². The first kappa shape index (κ1) is 63.2. The number of nitrogens with zero attached hydrogens (tertiary/aromatic N) is 7. The molecule has 8 rings (SSSR count). The van der Waals surface area contributed by atoms with Crippen molar-refractivity contribution in [3.63, 3.8) is 0 Å². The smallest absolute Gasteiger partial charge is 0.373 e. The highest BCUT2D eigenvalue weighted by Gasteiger charge is 2.17. The normalized spacial score (nSPS) is 9.65. The second kappa shape index (κ2) is 34.4. The number of amides is 7. The van der Waals surface area contributed by atoms with Gasteiger partial charge in [-0.2, -0.15) is 9.59 Å². The van der Waals surface area contributed by atoms with Crippen LogP contribution < -0.4 is 47.3 Å². The molecule has 28 heteroatoms. The SMILES string of the molecule is CCNC(=O)Nc1cc(Cl)c(C(=O)Nc2cccnc2)cn1.CCNC(=O)Nc1cc(Nc2ccc(OC)cc2)c(C(=O)Nc2cccnc2)cn1.Clc1ccnc(Cl)c1.O=C(Nc1cccnc1)c1cnc(Cl)cc1Cl.O=C=O. The third-order valence-electron chi connectivity index (χ3n) is 9.29. The van der Waals surface area contributed by atoms with E-state index in [1.54, 1.807) is 112 Å². The molecule has 0 atom stereocenters. The quantitative estimate of drug-likeness (QED) is 0.0498. The van der Waals surface area contributed by atoms with Gasteiger partial charge in [0, 0.05) is 79.3 Å². The summed E-state index contributed by atoms with van der Waals surface area (Å²) in [5.41, 5.74) is 3.67. The van der Waals surface area contributed by atoms with Crippen LogP contribution in [0.25, 0.3) is 0 Å². The van der Waals surface area contributed by atoms with Crippen molar-refractivity contribution < 1.29 is 38.3 Å². The summed E-state index contributed by atoms with van der Waals surface area (Å²) in [6, 6.07) is 24.5. The summed E-state index contributed by atoms with van der Waals surface area (Å²) in [6.45, 7) is 4.58. The Morgan fingerprint density at radius 2 is 0.925 bits per heavy atom. The van der Waals surface area contributed by atoms with E-state index in [0.29, 0.717) is 63.1 Å². The molecule has 8 aromatic rings. The van der Waals surface area contributed by atoms with E-state index in [4.69, 9.17) is 72.3 Å². The van der Waals surface area contributed by atoms with E-state index in [0.717, 1.165) is 5.69 Å². The second-order valence-corrected chi connectivity index (χ2v) is 17.0. The molecule has 80 heavy (non-hydrogen) atoms. The zero-order valence-electron chi connectivity index (χ0n) is 42.1. The van der Waals surface area contributed by atoms with E-state index >= 15 is 0 Å². The molecule has 0 aliphatic carbocycles. The maximum atomic E-state index is 12.8. The van der Waals surface area contributed by atoms with E-state index in [1.165, 1.54) is 43.1 Å². The molecule has 0 aliphatic heterocycles. The Kier molecular flexibility index (Phi) is 27.2. The highest BCUT2D eigenvalue weighted by atomic mass is 35.5. The Labute approximate surface area is 482 Å². The summed E-state index contributed by atoms with van der Waals surface area (Å²) in [7, 11) is 1.59. The summed E-state index contributed by atoms with van der Waals surface area (Å²) < 4.78 is 5.17. The van der Waals surface area contributed by atoms with Crippen LogP contribution in [0.15, 0.2) is 153 Å². The Morgan fingerprint density at radius 3 is 1.32 bits per heavy atom. The molecule has 0 spiro atoms. The van der Waals surface area contributed by atoms with Crippen LogP contribution in [0.1, 0.15) is 44.9 Å². The van der Waals surface area contributed by atoms with Crippen molar-refractivity contribution in [3.05, 3.63) is 195 Å². The fraction of sp³-hybridized carbons (Fsp3) is 0.0962. The molecule has 0 fully saturated rings. The number of methoxy groups -OCH3 is 1. The number of hydrogen-bond donors (Lipinski definition) is 8. The van der Waals surface area contributed by atoms with Gasteiger partial charge in [0.15, 0.2) is 0 Å². The number of carbonyl (C=O) groups is 5. The molecule has 0 bridgehead atoms. The van der Waals surface area contributed by atoms with Gasteiger partial charge in [0.2, 0.25) is 0 Å². The molecule has 7 heterocycles. The summed E-state index contributed by atoms with van der Waals surface area (Å²) in [4.78, 5) is 104. The molecule has 7 amide bonds. The monoisotopic (exact) mass is 1180 g/mol. The predicted molar refractivity (Wildman–Crippen MR) is 305 cm³/mol. The third kappa shape index (κ3) is 22.7. The van der Waals surface area contributed by atoms with Crippen LogP contribution in [-0.2, 0) is 9.59 Å². The molecule has 0 aliphatic rings. The molecule has 1 aromatic carbocycles. The number of nitrogens with one attached hydrogen (secondary N) is 8. The van der Waals surface area contributed by atoms with E-state index < -0.39 is 11.9 Å². The number of ether oxygens (including phenoxy) is 1. The summed E-state index contributed by atoms with van der Waals surface area (Å²) >= 11 is 28.6. The highest BCUT2D eigenvalue weighted by molar-refractivity contribution is 6.37. The van der Waals surface area contributed by atoms with Crippen molar-refractivity contribution in [2.75, 3.05) is 52.1 Å². The number of carbonyl (C=O) groups excluding carboxylic acids is 7. The summed E-state index contributed by atoms with van der Waals surface area (Å²) in [5.74, 6) is 0.144. The van der Waals surface area contributed by atoms with Crippen LogP contribution in [0.3, 0.4) is 0 Å². The van der Waals surface area contributed by atoms with Crippen LogP contribution >= 0.6 is 58.0 Å². The van der Waals surface area contributed by atoms with Gasteiger partial charge >= 0.3 is 18.2 Å². The average molecular weight is 1190 g/mol. The molecular weight excluding hydrogens is 1140 g/mol. The Hall–Kier alpha value is -9.35. The molecule has 0 saturated carbocycles. The lowest BCUT2D eigenvalue weighted by Crippen LogP contribution is -2.28. The maximum absolute atomic E-state index is 12.8. The number of halogens is 5. The third-order valence-corrected chi connectivity index (χ3v) is 10.6. The number of urea groups is 2. The van der Waals surface area contributed by atoms with E-state index in [-0.39, 0.29) is 56.1 Å². The number of anilines is 7. The zero-order valence-corrected chi connectivity index (χ0v) is 45.9. The predicted octanol–water partition coefficient (Wildman–Crippen LogP) is 11.0. The average Bonchev–Trinajstić information content (AvgIpc) is 3.43. The minimum absolute atomic E-state index is 0.184. The Balaban J connectivity index is 0.000000242. The minimum Gasteiger partial charge on any atom is -0.497 e. The minimum atomic E-state index is -0.407. The van der Waals surface area contributed by atoms with Gasteiger partial charge < -0.3 is 36.6 Å². The van der Waals surface area contributed by atoms with Crippen LogP contribution in [0.4, 0.5) is 49.7 Å². The zero-order chi connectivity index (χ0) is 58.2. The second-order valence-electron chi connectivity index (χ2n) is 14.9. The van der Waals surface area contributed by atoms with Gasteiger partial charge in [-0.25, -0.2) is 29.5 Å². The Morgan fingerprint density at radius 1 is 0.487 bits per heavy atom. The van der Waals surface area contributed by atoms with Crippen molar-refractivity contribution >= 4 is 134 Å². The lowest BCUT2D eigenvalue weighted by atomic mass is 10.2. The first-order valence-electron chi connectivity index (χ1n) is 22.9. The molecule has 8 N–H and O–H groups in total. The lowest BCUT2D eigenvalue weighted by Gasteiger charge is -2.14. The van der Waals surface area contributed by atoms with Crippen LogP contribution in [0.5, 0.6) is 5.75 Å². The first-order chi connectivity index (χ1) is 38.5. The van der Waals surface area contributed by atoms with Crippen molar-refractivity contribution in [1.82, 2.24) is 45.5 Å². The summed E-state index contributed by atoms with van der Waals surface area (Å²) in [6.07, 6.45) is 15.3. The van der Waals surface area contributed by atoms with Crippen molar-refractivity contribution in [2.45, 2.75) is 13.8 Å². The first-order valence-corrected chi connectivity index (χ1v) is 24.8. The highest BCUT2D eigenvalue weighted by Crippen LogP contribution is 2.26. The number of benzene rings is 1. The van der Waals surface area contributed by atoms with Gasteiger partial charge in [-0.1, -0.05) is 58.0 Å². The van der Waals surface area contributed by atoms with Gasteiger partial charge in [-0.05, 0) is 92.7 Å². The number of rotatable bonds is 13. The molecule has 412 valence electrons. The van der Waals surface area contributed by atoms with Gasteiger partial charge in [-0.15, -0.1) is 0 Å². The molecule has 0 saturated heterocycles. The van der Waals surface area contributed by atoms with E-state index in [2.05, 4.69) is 77.4 Å². The van der Waals surface area contributed by atoms with Gasteiger partial charge in [-0.3, -0.25) is 40.0 Å². The largest absolute Gasteiger partial charge is 0.497 e. The van der Waals surface area contributed by atoms with E-state index in [9.17, 15) is 24.0 Å². The fourth-order valence-electron chi connectivity index (χ4n) is 5.81. The lowest BCUT2D eigenvalue weighted by molar-refractivity contribution is -0.191. The molecule has 0 radical (unpaired) electrons. The number of hydrogen-bond acceptors (Lipinski definition) is 16. The van der Waals surface area contributed by atoms with Crippen molar-refractivity contribution in [3.8, 4) is 5.75 Å². The van der Waals surface area contributed by atoms with Gasteiger partial charge in [0.1, 0.15) is 27.7 Å². The van der Waals surface area contributed by atoms with Crippen molar-refractivity contribution in [1.29, 1.82) is 0 Å².